The van der Waals surface area contributed by atoms with Gasteiger partial charge in [-0.15, -0.1) is 0 Å². The molecule has 0 radical (unpaired) electrons. The molecule has 0 amide bonds. The summed E-state index contributed by atoms with van der Waals surface area (Å²) in [5.41, 5.74) is 5.96. The molecule has 1 aliphatic heterocycles. The van der Waals surface area contributed by atoms with Gasteiger partial charge in [0.05, 0.1) is 5.69 Å². The third kappa shape index (κ3) is 3.87. The van der Waals surface area contributed by atoms with E-state index in [9.17, 15) is 0 Å². The molecule has 1 aliphatic carbocycles. The second-order valence-corrected chi connectivity index (χ2v) is 13.6. The first kappa shape index (κ1) is 23.3. The van der Waals surface area contributed by atoms with Gasteiger partial charge in [-0.3, -0.25) is 4.98 Å². The summed E-state index contributed by atoms with van der Waals surface area (Å²) in [5, 5.41) is 8.13. The molecule has 0 saturated heterocycles. The van der Waals surface area contributed by atoms with Crippen LogP contribution in [0.5, 0.6) is 0 Å². The molecule has 0 unspecified atom stereocenters. The second-order valence-electron chi connectivity index (χ2n) is 12.5. The molecule has 7 rings (SSSR count). The fourth-order valence-electron chi connectivity index (χ4n) is 6.77. The number of fused-ring (bicyclic) bond motifs is 5. The van der Waals surface area contributed by atoms with E-state index < -0.39 is 0 Å². The lowest BCUT2D eigenvalue weighted by molar-refractivity contribution is 0.224. The number of aromatic nitrogens is 1. The van der Waals surface area contributed by atoms with Crippen molar-refractivity contribution in [3.8, 4) is 11.3 Å². The smallest absolute Gasteiger partial charge is 0.0803 e. The van der Waals surface area contributed by atoms with Crippen LogP contribution in [0.25, 0.3) is 43.6 Å². The topological polar surface area (TPSA) is 12.9 Å². The van der Waals surface area contributed by atoms with E-state index in [1.807, 2.05) is 18.0 Å². The predicted molar refractivity (Wildman–Crippen MR) is 160 cm³/mol. The van der Waals surface area contributed by atoms with Gasteiger partial charge in [0, 0.05) is 26.9 Å². The van der Waals surface area contributed by atoms with E-state index in [4.69, 9.17) is 4.98 Å². The van der Waals surface area contributed by atoms with Crippen molar-refractivity contribution in [2.45, 2.75) is 75.5 Å². The molecule has 2 heteroatoms. The number of hydrogen-bond donors (Lipinski definition) is 0. The molecule has 1 aromatic heterocycles. The van der Waals surface area contributed by atoms with Crippen LogP contribution in [0.1, 0.15) is 70.4 Å². The summed E-state index contributed by atoms with van der Waals surface area (Å²) in [6.45, 7) is 9.51. The van der Waals surface area contributed by atoms with Crippen LogP contribution >= 0.6 is 11.8 Å². The van der Waals surface area contributed by atoms with Crippen LogP contribution in [0.3, 0.4) is 0 Å². The molecule has 4 aromatic carbocycles. The highest BCUT2D eigenvalue weighted by Gasteiger charge is 2.29. The first-order valence-corrected chi connectivity index (χ1v) is 14.8. The van der Waals surface area contributed by atoms with Crippen molar-refractivity contribution in [3.63, 3.8) is 0 Å². The first-order valence-electron chi connectivity index (χ1n) is 14.0. The molecule has 1 nitrogen and oxygen atoms in total. The lowest BCUT2D eigenvalue weighted by Gasteiger charge is -2.34. The summed E-state index contributed by atoms with van der Waals surface area (Å²) in [6, 6.07) is 23.3. The highest BCUT2D eigenvalue weighted by molar-refractivity contribution is 8.00. The normalized spacial score (nSPS) is 17.1. The highest BCUT2D eigenvalue weighted by Crippen LogP contribution is 2.52. The Morgan fingerprint density at radius 2 is 1.68 bits per heavy atom. The zero-order valence-electron chi connectivity index (χ0n) is 22.4. The summed E-state index contributed by atoms with van der Waals surface area (Å²) < 4.78 is 0. The van der Waals surface area contributed by atoms with Gasteiger partial charge in [-0.25, -0.2) is 0 Å². The Balaban J connectivity index is 1.44. The molecule has 37 heavy (non-hydrogen) atoms. The van der Waals surface area contributed by atoms with Gasteiger partial charge in [0.25, 0.3) is 0 Å². The van der Waals surface area contributed by atoms with Crippen molar-refractivity contribution in [1.29, 1.82) is 0 Å². The van der Waals surface area contributed by atoms with Crippen molar-refractivity contribution in [1.82, 2.24) is 4.98 Å². The molecule has 2 heterocycles. The Labute approximate surface area is 224 Å². The molecular weight excluding hydrogens is 466 g/mol. The number of nitrogens with zero attached hydrogens (tertiary/aromatic N) is 1. The maximum atomic E-state index is 5.03. The molecule has 0 atom stereocenters. The summed E-state index contributed by atoms with van der Waals surface area (Å²) in [5.74, 6) is 1.28. The maximum absolute atomic E-state index is 5.03. The second kappa shape index (κ2) is 8.60. The zero-order valence-corrected chi connectivity index (χ0v) is 23.2. The van der Waals surface area contributed by atoms with Gasteiger partial charge in [0.15, 0.2) is 0 Å². The Morgan fingerprint density at radius 1 is 0.892 bits per heavy atom. The van der Waals surface area contributed by atoms with E-state index in [-0.39, 0.29) is 0 Å². The van der Waals surface area contributed by atoms with Crippen LogP contribution in [0.15, 0.2) is 76.7 Å². The van der Waals surface area contributed by atoms with Crippen molar-refractivity contribution in [2.75, 3.05) is 0 Å². The van der Waals surface area contributed by atoms with E-state index in [1.54, 1.807) is 0 Å². The van der Waals surface area contributed by atoms with Gasteiger partial charge >= 0.3 is 0 Å². The third-order valence-corrected chi connectivity index (χ3v) is 10.1. The standard InChI is InChI=1S/C35H35NS/c1-21(2)17-29-26-8-6-5-7-24(26)19-30-33-32-27(13-16-36-33)28-18-23(22-11-14-35(3,4)15-12-22)9-10-25(28)20-31(32)37-34(29)30/h5-10,13,16,18-22H,11-12,14-15,17H2,1-4H3. The van der Waals surface area contributed by atoms with Gasteiger partial charge in [0.1, 0.15) is 0 Å². The molecule has 2 aliphatic rings. The van der Waals surface area contributed by atoms with Crippen LogP contribution < -0.4 is 0 Å². The predicted octanol–water partition coefficient (Wildman–Crippen LogP) is 10.6. The van der Waals surface area contributed by atoms with Crippen LogP contribution in [0, 0.1) is 11.3 Å². The van der Waals surface area contributed by atoms with E-state index in [0.717, 1.165) is 12.1 Å². The molecule has 5 aromatic rings. The van der Waals surface area contributed by atoms with E-state index in [1.165, 1.54) is 84.5 Å². The highest BCUT2D eigenvalue weighted by atomic mass is 32.2. The van der Waals surface area contributed by atoms with E-state index in [2.05, 4.69) is 88.4 Å². The largest absolute Gasteiger partial charge is 0.256 e. The lowest BCUT2D eigenvalue weighted by Crippen LogP contribution is -2.20. The fourth-order valence-corrected chi connectivity index (χ4v) is 8.07. The Hall–Kier alpha value is -2.84. The third-order valence-electron chi connectivity index (χ3n) is 8.85. The summed E-state index contributed by atoms with van der Waals surface area (Å²) in [4.78, 5) is 7.78. The molecule has 1 saturated carbocycles. The number of hydrogen-bond acceptors (Lipinski definition) is 2. The molecule has 0 bridgehead atoms. The minimum atomic E-state index is 0.496. The fraction of sp³-hybridized carbons (Fsp3) is 0.343. The summed E-state index contributed by atoms with van der Waals surface area (Å²) in [6.07, 6.45) is 8.37. The van der Waals surface area contributed by atoms with E-state index in [0.29, 0.717) is 17.3 Å². The minimum Gasteiger partial charge on any atom is -0.256 e. The van der Waals surface area contributed by atoms with Crippen LogP contribution in [-0.2, 0) is 6.42 Å². The lowest BCUT2D eigenvalue weighted by atomic mass is 9.71. The van der Waals surface area contributed by atoms with Crippen molar-refractivity contribution >= 4 is 44.1 Å². The Bertz CT molecular complexity index is 1680. The average molecular weight is 502 g/mol. The maximum Gasteiger partial charge on any atom is 0.0803 e. The van der Waals surface area contributed by atoms with Crippen molar-refractivity contribution in [2.24, 2.45) is 11.3 Å². The van der Waals surface area contributed by atoms with Gasteiger partial charge < -0.3 is 0 Å². The van der Waals surface area contributed by atoms with Gasteiger partial charge in [0.2, 0.25) is 0 Å². The Morgan fingerprint density at radius 3 is 2.49 bits per heavy atom. The number of rotatable bonds is 3. The summed E-state index contributed by atoms with van der Waals surface area (Å²) in [7, 11) is 0. The van der Waals surface area contributed by atoms with Gasteiger partial charge in [-0.1, -0.05) is 81.9 Å². The van der Waals surface area contributed by atoms with Gasteiger partial charge in [-0.2, -0.15) is 0 Å². The van der Waals surface area contributed by atoms with Crippen molar-refractivity contribution < 1.29 is 0 Å². The molecule has 0 spiro atoms. The van der Waals surface area contributed by atoms with Crippen LogP contribution in [0.2, 0.25) is 0 Å². The summed E-state index contributed by atoms with van der Waals surface area (Å²) >= 11 is 1.97. The first-order chi connectivity index (χ1) is 17.9. The monoisotopic (exact) mass is 501 g/mol. The molecular formula is C35H35NS. The van der Waals surface area contributed by atoms with Crippen LogP contribution in [-0.4, -0.2) is 4.98 Å². The molecule has 1 fully saturated rings. The van der Waals surface area contributed by atoms with Crippen molar-refractivity contribution in [3.05, 3.63) is 78.0 Å². The Kier molecular flexibility index (Phi) is 5.41. The quantitative estimate of drug-likeness (QED) is 0.224. The molecule has 0 N–H and O–H groups in total. The van der Waals surface area contributed by atoms with Crippen LogP contribution in [0.4, 0.5) is 0 Å². The SMILES string of the molecule is CC(C)Cc1c2c(cc3ccccc13)-c1nccc3c1c(cc1ccc(C4CCC(C)(C)CC4)cc13)S2. The van der Waals surface area contributed by atoms with E-state index >= 15 is 0 Å². The average Bonchev–Trinajstić information content (AvgIpc) is 2.89. The zero-order chi connectivity index (χ0) is 25.3. The van der Waals surface area contributed by atoms with Gasteiger partial charge in [-0.05, 0) is 106 Å². The minimum absolute atomic E-state index is 0.496. The number of benzene rings is 4. The molecule has 186 valence electrons. The number of pyridine rings is 1.